The molecule has 16 heavy (non-hydrogen) atoms. The second-order valence-electron chi connectivity index (χ2n) is 5.30. The average Bonchev–Trinajstić information content (AvgIpc) is 2.85. The monoisotopic (exact) mass is 226 g/mol. The van der Waals surface area contributed by atoms with E-state index in [0.717, 1.165) is 12.8 Å². The van der Waals surface area contributed by atoms with E-state index in [0.29, 0.717) is 19.3 Å². The van der Waals surface area contributed by atoms with Crippen LogP contribution in [0.25, 0.3) is 0 Å². The molecule has 0 bridgehead atoms. The van der Waals surface area contributed by atoms with E-state index in [4.69, 9.17) is 5.73 Å². The predicted molar refractivity (Wildman–Crippen MR) is 57.7 cm³/mol. The molecule has 2 aliphatic rings. The third-order valence-corrected chi connectivity index (χ3v) is 3.99. The number of amides is 1. The molecule has 0 saturated heterocycles. The zero-order chi connectivity index (χ0) is 12.0. The molecule has 2 atom stereocenters. The Kier molecular flexibility index (Phi) is 2.45. The number of carbonyl (C=O) groups is 2. The largest absolute Gasteiger partial charge is 0.481 e. The Morgan fingerprint density at radius 3 is 2.50 bits per heavy atom. The summed E-state index contributed by atoms with van der Waals surface area (Å²) in [6.45, 7) is 1.70. The minimum absolute atomic E-state index is 0.188. The molecule has 2 aliphatic carbocycles. The SMILES string of the molecule is CC1(C(=O)O)CCCC1NC(=O)C1(N)CC1. The summed E-state index contributed by atoms with van der Waals surface area (Å²) in [7, 11) is 0. The van der Waals surface area contributed by atoms with Crippen LogP contribution in [0.4, 0.5) is 0 Å². The molecular weight excluding hydrogens is 208 g/mol. The van der Waals surface area contributed by atoms with Crippen molar-refractivity contribution in [1.29, 1.82) is 0 Å². The highest BCUT2D eigenvalue weighted by atomic mass is 16.4. The summed E-state index contributed by atoms with van der Waals surface area (Å²) in [5.74, 6) is -1.02. The van der Waals surface area contributed by atoms with Crippen molar-refractivity contribution in [3.63, 3.8) is 0 Å². The van der Waals surface area contributed by atoms with Crippen molar-refractivity contribution in [1.82, 2.24) is 5.32 Å². The molecule has 5 heteroatoms. The molecule has 1 amide bonds. The minimum atomic E-state index is -0.836. The van der Waals surface area contributed by atoms with Gasteiger partial charge in [-0.3, -0.25) is 9.59 Å². The maximum absolute atomic E-state index is 11.8. The molecule has 0 spiro atoms. The first-order chi connectivity index (χ1) is 7.38. The highest BCUT2D eigenvalue weighted by molar-refractivity contribution is 5.90. The normalized spacial score (nSPS) is 35.8. The van der Waals surface area contributed by atoms with Crippen molar-refractivity contribution in [2.75, 3.05) is 0 Å². The summed E-state index contributed by atoms with van der Waals surface area (Å²) in [6.07, 6.45) is 3.59. The van der Waals surface area contributed by atoms with Crippen LogP contribution in [-0.2, 0) is 9.59 Å². The fourth-order valence-electron chi connectivity index (χ4n) is 2.32. The molecule has 2 saturated carbocycles. The molecule has 2 fully saturated rings. The molecule has 2 rings (SSSR count). The molecule has 0 radical (unpaired) electrons. The van der Waals surface area contributed by atoms with E-state index in [-0.39, 0.29) is 11.9 Å². The summed E-state index contributed by atoms with van der Waals surface area (Å²) in [5.41, 5.74) is 4.22. The average molecular weight is 226 g/mol. The third-order valence-electron chi connectivity index (χ3n) is 3.99. The Morgan fingerprint density at radius 2 is 2.00 bits per heavy atom. The summed E-state index contributed by atoms with van der Waals surface area (Å²) >= 11 is 0. The van der Waals surface area contributed by atoms with E-state index < -0.39 is 16.9 Å². The van der Waals surface area contributed by atoms with Gasteiger partial charge in [0.15, 0.2) is 0 Å². The van der Waals surface area contributed by atoms with Crippen LogP contribution >= 0.6 is 0 Å². The Labute approximate surface area is 94.4 Å². The van der Waals surface area contributed by atoms with Gasteiger partial charge in [-0.2, -0.15) is 0 Å². The molecule has 0 aromatic carbocycles. The molecule has 0 aromatic rings. The van der Waals surface area contributed by atoms with Gasteiger partial charge in [-0.1, -0.05) is 6.42 Å². The summed E-state index contributed by atoms with van der Waals surface area (Å²) in [6, 6.07) is -0.279. The number of hydrogen-bond donors (Lipinski definition) is 3. The molecule has 2 unspecified atom stereocenters. The molecule has 0 heterocycles. The summed E-state index contributed by atoms with van der Waals surface area (Å²) < 4.78 is 0. The quantitative estimate of drug-likeness (QED) is 0.642. The Balaban J connectivity index is 2.04. The zero-order valence-corrected chi connectivity index (χ0v) is 9.45. The maximum Gasteiger partial charge on any atom is 0.311 e. The maximum atomic E-state index is 11.8. The predicted octanol–water partition coefficient (Wildman–Crippen LogP) is 0.237. The van der Waals surface area contributed by atoms with Crippen LogP contribution in [0.1, 0.15) is 39.0 Å². The first-order valence-corrected chi connectivity index (χ1v) is 5.72. The zero-order valence-electron chi connectivity index (χ0n) is 9.45. The Hall–Kier alpha value is -1.10. The molecule has 90 valence electrons. The molecular formula is C11H18N2O3. The summed E-state index contributed by atoms with van der Waals surface area (Å²) in [4.78, 5) is 23.0. The Bertz CT molecular complexity index is 338. The molecule has 5 nitrogen and oxygen atoms in total. The van der Waals surface area contributed by atoms with E-state index in [9.17, 15) is 14.7 Å². The first-order valence-electron chi connectivity index (χ1n) is 5.72. The van der Waals surface area contributed by atoms with E-state index in [1.54, 1.807) is 6.92 Å². The van der Waals surface area contributed by atoms with Gasteiger partial charge < -0.3 is 16.2 Å². The van der Waals surface area contributed by atoms with Gasteiger partial charge in [0.25, 0.3) is 0 Å². The van der Waals surface area contributed by atoms with Crippen LogP contribution in [-0.4, -0.2) is 28.6 Å². The van der Waals surface area contributed by atoms with Crippen molar-refractivity contribution in [2.45, 2.75) is 50.6 Å². The lowest BCUT2D eigenvalue weighted by Crippen LogP contribution is -2.52. The van der Waals surface area contributed by atoms with Gasteiger partial charge in [0, 0.05) is 6.04 Å². The number of nitrogens with one attached hydrogen (secondary N) is 1. The van der Waals surface area contributed by atoms with Crippen LogP contribution in [0.2, 0.25) is 0 Å². The number of carboxylic acids is 1. The second-order valence-corrected chi connectivity index (χ2v) is 5.30. The van der Waals surface area contributed by atoms with Gasteiger partial charge in [-0.15, -0.1) is 0 Å². The first kappa shape index (κ1) is 11.4. The van der Waals surface area contributed by atoms with Crippen LogP contribution in [0.15, 0.2) is 0 Å². The van der Waals surface area contributed by atoms with Crippen molar-refractivity contribution < 1.29 is 14.7 Å². The number of rotatable bonds is 3. The topological polar surface area (TPSA) is 92.4 Å². The van der Waals surface area contributed by atoms with Crippen LogP contribution in [0, 0.1) is 5.41 Å². The van der Waals surface area contributed by atoms with E-state index in [2.05, 4.69) is 5.32 Å². The van der Waals surface area contributed by atoms with Gasteiger partial charge in [-0.05, 0) is 32.6 Å². The molecule has 4 N–H and O–H groups in total. The molecule has 0 aliphatic heterocycles. The lowest BCUT2D eigenvalue weighted by Gasteiger charge is -2.28. The van der Waals surface area contributed by atoms with E-state index in [1.165, 1.54) is 0 Å². The van der Waals surface area contributed by atoms with Crippen molar-refractivity contribution in [3.8, 4) is 0 Å². The lowest BCUT2D eigenvalue weighted by atomic mass is 9.84. The fourth-order valence-corrected chi connectivity index (χ4v) is 2.32. The van der Waals surface area contributed by atoms with E-state index in [1.807, 2.05) is 0 Å². The summed E-state index contributed by atoms with van der Waals surface area (Å²) in [5, 5.41) is 12.0. The van der Waals surface area contributed by atoms with E-state index >= 15 is 0 Å². The number of hydrogen-bond acceptors (Lipinski definition) is 3. The standard InChI is InChI=1S/C11H18N2O3/c1-10(9(15)16)4-2-3-7(10)13-8(14)11(12)5-6-11/h7H,2-6,12H2,1H3,(H,13,14)(H,15,16). The van der Waals surface area contributed by atoms with Crippen molar-refractivity contribution >= 4 is 11.9 Å². The van der Waals surface area contributed by atoms with Crippen LogP contribution in [0.3, 0.4) is 0 Å². The Morgan fingerprint density at radius 1 is 1.38 bits per heavy atom. The highest BCUT2D eigenvalue weighted by Gasteiger charge is 2.51. The smallest absolute Gasteiger partial charge is 0.311 e. The lowest BCUT2D eigenvalue weighted by molar-refractivity contribution is -0.149. The van der Waals surface area contributed by atoms with Crippen molar-refractivity contribution in [2.24, 2.45) is 11.1 Å². The van der Waals surface area contributed by atoms with Gasteiger partial charge in [0.05, 0.1) is 11.0 Å². The van der Waals surface area contributed by atoms with Crippen molar-refractivity contribution in [3.05, 3.63) is 0 Å². The van der Waals surface area contributed by atoms with Gasteiger partial charge >= 0.3 is 5.97 Å². The van der Waals surface area contributed by atoms with Gasteiger partial charge in [-0.25, -0.2) is 0 Å². The van der Waals surface area contributed by atoms with Crippen LogP contribution < -0.4 is 11.1 Å². The second kappa shape index (κ2) is 3.45. The fraction of sp³-hybridized carbons (Fsp3) is 0.818. The third kappa shape index (κ3) is 1.69. The molecule has 0 aromatic heterocycles. The van der Waals surface area contributed by atoms with Gasteiger partial charge in [0.2, 0.25) is 5.91 Å². The number of carboxylic acid groups (broad SMARTS) is 1. The highest BCUT2D eigenvalue weighted by Crippen LogP contribution is 2.39. The van der Waals surface area contributed by atoms with Crippen LogP contribution in [0.5, 0.6) is 0 Å². The number of carbonyl (C=O) groups excluding carboxylic acids is 1. The number of nitrogens with two attached hydrogens (primary N) is 1. The minimum Gasteiger partial charge on any atom is -0.481 e. The number of aliphatic carboxylic acids is 1. The van der Waals surface area contributed by atoms with Gasteiger partial charge in [0.1, 0.15) is 0 Å².